The summed E-state index contributed by atoms with van der Waals surface area (Å²) in [5, 5.41) is 3.59. The highest BCUT2D eigenvalue weighted by Gasteiger charge is 2.20. The van der Waals surface area contributed by atoms with Crippen molar-refractivity contribution < 1.29 is 0 Å². The van der Waals surface area contributed by atoms with E-state index in [1.807, 2.05) is 19.2 Å². The second kappa shape index (κ2) is 6.07. The molecular weight excluding hydrogens is 224 g/mol. The summed E-state index contributed by atoms with van der Waals surface area (Å²) in [4.78, 5) is 11.5. The second-order valence-electron chi connectivity index (χ2n) is 5.32. The third-order valence-corrected chi connectivity index (χ3v) is 4.06. The fraction of sp³-hybridized carbons (Fsp3) is 0.667. The van der Waals surface area contributed by atoms with Gasteiger partial charge in [-0.25, -0.2) is 0 Å². The van der Waals surface area contributed by atoms with Crippen LogP contribution in [-0.2, 0) is 6.54 Å². The molecule has 2 rings (SSSR count). The molecule has 0 saturated heterocycles. The zero-order valence-corrected chi connectivity index (χ0v) is 11.5. The van der Waals surface area contributed by atoms with Crippen LogP contribution in [0.2, 0.25) is 0 Å². The quantitative estimate of drug-likeness (QED) is 0.887. The number of nitrogens with zero attached hydrogens (tertiary/aromatic N) is 1. The zero-order valence-electron chi connectivity index (χ0n) is 11.5. The molecule has 1 aliphatic carbocycles. The Bertz CT molecular complexity index is 438. The molecule has 0 aliphatic heterocycles. The van der Waals surface area contributed by atoms with Gasteiger partial charge in [0.2, 0.25) is 0 Å². The van der Waals surface area contributed by atoms with Gasteiger partial charge in [-0.15, -0.1) is 0 Å². The summed E-state index contributed by atoms with van der Waals surface area (Å²) in [6.07, 6.45) is 8.45. The standard InChI is InChI=1S/C15H24N2O/c1-3-12-6-5-7-13(10-12)16-14-8-9-15(18)17(4-2)11-14/h8-9,11-13,16H,3-7,10H2,1-2H3. The number of hydrogen-bond donors (Lipinski definition) is 1. The van der Waals surface area contributed by atoms with Crippen LogP contribution in [0, 0.1) is 5.92 Å². The third kappa shape index (κ3) is 3.15. The molecule has 100 valence electrons. The van der Waals surface area contributed by atoms with Crippen molar-refractivity contribution in [3.05, 3.63) is 28.7 Å². The molecule has 0 bridgehead atoms. The minimum Gasteiger partial charge on any atom is -0.381 e. The lowest BCUT2D eigenvalue weighted by Crippen LogP contribution is -2.28. The lowest BCUT2D eigenvalue weighted by Gasteiger charge is -2.29. The molecule has 1 N–H and O–H groups in total. The predicted octanol–water partition coefficient (Wildman–Crippen LogP) is 3.25. The third-order valence-electron chi connectivity index (χ3n) is 4.06. The van der Waals surface area contributed by atoms with Gasteiger partial charge in [-0.1, -0.05) is 26.2 Å². The number of aryl methyl sites for hydroxylation is 1. The summed E-state index contributed by atoms with van der Waals surface area (Å²) in [5.74, 6) is 0.869. The Morgan fingerprint density at radius 1 is 1.33 bits per heavy atom. The van der Waals surface area contributed by atoms with Crippen LogP contribution >= 0.6 is 0 Å². The molecule has 0 aromatic carbocycles. The van der Waals surface area contributed by atoms with Crippen molar-refractivity contribution in [1.29, 1.82) is 0 Å². The zero-order chi connectivity index (χ0) is 13.0. The van der Waals surface area contributed by atoms with E-state index in [2.05, 4.69) is 12.2 Å². The van der Waals surface area contributed by atoms with Crippen molar-refractivity contribution in [2.45, 2.75) is 58.5 Å². The van der Waals surface area contributed by atoms with Crippen molar-refractivity contribution in [1.82, 2.24) is 4.57 Å². The van der Waals surface area contributed by atoms with Crippen molar-refractivity contribution in [3.8, 4) is 0 Å². The van der Waals surface area contributed by atoms with Crippen LogP contribution in [0.5, 0.6) is 0 Å². The van der Waals surface area contributed by atoms with E-state index in [4.69, 9.17) is 0 Å². The molecule has 3 nitrogen and oxygen atoms in total. The number of hydrogen-bond acceptors (Lipinski definition) is 2. The average molecular weight is 248 g/mol. The molecule has 1 aliphatic rings. The van der Waals surface area contributed by atoms with Crippen LogP contribution in [0.15, 0.2) is 23.1 Å². The van der Waals surface area contributed by atoms with Gasteiger partial charge in [0.05, 0.1) is 5.69 Å². The fourth-order valence-electron chi connectivity index (χ4n) is 2.89. The van der Waals surface area contributed by atoms with E-state index in [1.165, 1.54) is 32.1 Å². The molecule has 1 fully saturated rings. The van der Waals surface area contributed by atoms with Crippen LogP contribution in [0.4, 0.5) is 5.69 Å². The minimum atomic E-state index is 0.0816. The summed E-state index contributed by atoms with van der Waals surface area (Å²) in [6.45, 7) is 5.01. The molecule has 1 heterocycles. The van der Waals surface area contributed by atoms with Gasteiger partial charge < -0.3 is 9.88 Å². The van der Waals surface area contributed by atoms with Crippen LogP contribution in [0.25, 0.3) is 0 Å². The average Bonchev–Trinajstić information content (AvgIpc) is 2.41. The van der Waals surface area contributed by atoms with Gasteiger partial charge in [-0.3, -0.25) is 4.79 Å². The minimum absolute atomic E-state index is 0.0816. The van der Waals surface area contributed by atoms with Crippen molar-refractivity contribution >= 4 is 5.69 Å². The Labute approximate surface area is 109 Å². The lowest BCUT2D eigenvalue weighted by atomic mass is 9.84. The summed E-state index contributed by atoms with van der Waals surface area (Å²) in [6, 6.07) is 4.14. The van der Waals surface area contributed by atoms with Gasteiger partial charge in [0.15, 0.2) is 0 Å². The molecule has 0 amide bonds. The monoisotopic (exact) mass is 248 g/mol. The maximum atomic E-state index is 11.5. The summed E-state index contributed by atoms with van der Waals surface area (Å²) >= 11 is 0. The predicted molar refractivity (Wildman–Crippen MR) is 76.0 cm³/mol. The fourth-order valence-corrected chi connectivity index (χ4v) is 2.89. The second-order valence-corrected chi connectivity index (χ2v) is 5.32. The number of anilines is 1. The normalized spacial score (nSPS) is 23.9. The van der Waals surface area contributed by atoms with Crippen molar-refractivity contribution in [2.75, 3.05) is 5.32 Å². The number of rotatable bonds is 4. The molecule has 1 aromatic rings. The van der Waals surface area contributed by atoms with Crippen molar-refractivity contribution in [3.63, 3.8) is 0 Å². The van der Waals surface area contributed by atoms with E-state index in [1.54, 1.807) is 10.6 Å². The maximum absolute atomic E-state index is 11.5. The molecule has 1 aromatic heterocycles. The topological polar surface area (TPSA) is 34.0 Å². The Kier molecular flexibility index (Phi) is 4.45. The van der Waals surface area contributed by atoms with Crippen LogP contribution < -0.4 is 10.9 Å². The van der Waals surface area contributed by atoms with E-state index in [0.29, 0.717) is 6.04 Å². The SMILES string of the molecule is CCC1CCCC(Nc2ccc(=O)n(CC)c2)C1. The Morgan fingerprint density at radius 2 is 2.17 bits per heavy atom. The first-order chi connectivity index (χ1) is 8.72. The molecule has 2 unspecified atom stereocenters. The van der Waals surface area contributed by atoms with E-state index in [0.717, 1.165) is 18.2 Å². The molecule has 18 heavy (non-hydrogen) atoms. The highest BCUT2D eigenvalue weighted by atomic mass is 16.1. The molecular formula is C15H24N2O. The Balaban J connectivity index is 2.02. The molecule has 3 heteroatoms. The highest BCUT2D eigenvalue weighted by molar-refractivity contribution is 5.41. The van der Waals surface area contributed by atoms with E-state index in [-0.39, 0.29) is 5.56 Å². The van der Waals surface area contributed by atoms with Crippen LogP contribution in [0.1, 0.15) is 46.0 Å². The molecule has 0 spiro atoms. The largest absolute Gasteiger partial charge is 0.381 e. The lowest BCUT2D eigenvalue weighted by molar-refractivity contribution is 0.327. The van der Waals surface area contributed by atoms with Crippen molar-refractivity contribution in [2.24, 2.45) is 5.92 Å². The molecule has 2 atom stereocenters. The van der Waals surface area contributed by atoms with Crippen LogP contribution in [-0.4, -0.2) is 10.6 Å². The van der Waals surface area contributed by atoms with E-state index >= 15 is 0 Å². The molecule has 0 radical (unpaired) electrons. The summed E-state index contributed by atoms with van der Waals surface area (Å²) < 4.78 is 1.75. The Morgan fingerprint density at radius 3 is 2.89 bits per heavy atom. The first-order valence-electron chi connectivity index (χ1n) is 7.20. The number of aromatic nitrogens is 1. The highest BCUT2D eigenvalue weighted by Crippen LogP contribution is 2.28. The van der Waals surface area contributed by atoms with Gasteiger partial charge in [0.1, 0.15) is 0 Å². The van der Waals surface area contributed by atoms with E-state index < -0.39 is 0 Å². The molecule has 1 saturated carbocycles. The first-order valence-corrected chi connectivity index (χ1v) is 7.20. The Hall–Kier alpha value is -1.25. The van der Waals surface area contributed by atoms with Gasteiger partial charge in [0.25, 0.3) is 5.56 Å². The summed E-state index contributed by atoms with van der Waals surface area (Å²) in [5.41, 5.74) is 1.16. The first kappa shape index (κ1) is 13.2. The number of nitrogens with one attached hydrogen (secondary N) is 1. The van der Waals surface area contributed by atoms with Gasteiger partial charge in [0, 0.05) is 24.8 Å². The maximum Gasteiger partial charge on any atom is 0.250 e. The van der Waals surface area contributed by atoms with Crippen LogP contribution in [0.3, 0.4) is 0 Å². The smallest absolute Gasteiger partial charge is 0.250 e. The number of pyridine rings is 1. The summed E-state index contributed by atoms with van der Waals surface area (Å²) in [7, 11) is 0. The van der Waals surface area contributed by atoms with Gasteiger partial charge in [-0.05, 0) is 31.7 Å². The van der Waals surface area contributed by atoms with E-state index in [9.17, 15) is 4.79 Å². The van der Waals surface area contributed by atoms with Gasteiger partial charge in [-0.2, -0.15) is 0 Å². The van der Waals surface area contributed by atoms with Gasteiger partial charge >= 0.3 is 0 Å².